The smallest absolute Gasteiger partial charge is 0.340 e. The fourth-order valence-corrected chi connectivity index (χ4v) is 4.27. The molecule has 1 aliphatic carbocycles. The van der Waals surface area contributed by atoms with Crippen molar-refractivity contribution in [1.82, 2.24) is 9.97 Å². The van der Waals surface area contributed by atoms with Gasteiger partial charge >= 0.3 is 6.18 Å². The highest BCUT2D eigenvalue weighted by Crippen LogP contribution is 2.37. The van der Waals surface area contributed by atoms with Gasteiger partial charge in [-0.05, 0) is 60.1 Å². The number of nitrogens with zero attached hydrogens (tertiary/aromatic N) is 2. The zero-order chi connectivity index (χ0) is 23.4. The third-order valence-corrected chi connectivity index (χ3v) is 6.15. The Morgan fingerprint density at radius 1 is 0.909 bits per heavy atom. The van der Waals surface area contributed by atoms with E-state index in [4.69, 9.17) is 0 Å². The van der Waals surface area contributed by atoms with Crippen LogP contribution in [0.4, 0.5) is 36.3 Å². The van der Waals surface area contributed by atoms with Crippen molar-refractivity contribution in [1.29, 1.82) is 0 Å². The summed E-state index contributed by atoms with van der Waals surface area (Å²) in [6.07, 6.45) is 2.13. The molecule has 1 saturated carbocycles. The minimum absolute atomic E-state index is 0.103. The Balaban J connectivity index is 1.59. The maximum Gasteiger partial charge on any atom is 0.421 e. The molecule has 1 aliphatic rings. The number of benzene rings is 2. The van der Waals surface area contributed by atoms with Gasteiger partial charge in [0.1, 0.15) is 11.4 Å². The number of rotatable bonds is 6. The Labute approximate surface area is 192 Å². The van der Waals surface area contributed by atoms with Crippen molar-refractivity contribution in [2.45, 2.75) is 64.0 Å². The van der Waals surface area contributed by atoms with Crippen LogP contribution in [0.1, 0.15) is 74.5 Å². The summed E-state index contributed by atoms with van der Waals surface area (Å²) in [7, 11) is 0. The third-order valence-electron chi connectivity index (χ3n) is 6.15. The minimum atomic E-state index is -4.57. The van der Waals surface area contributed by atoms with Crippen molar-refractivity contribution in [3.8, 4) is 0 Å². The summed E-state index contributed by atoms with van der Waals surface area (Å²) in [6, 6.07) is 15.4. The second-order valence-electron chi connectivity index (χ2n) is 8.94. The molecule has 0 unspecified atom stereocenters. The summed E-state index contributed by atoms with van der Waals surface area (Å²) >= 11 is 0. The molecule has 0 spiro atoms. The summed E-state index contributed by atoms with van der Waals surface area (Å²) in [5, 5.41) is 5.91. The molecule has 0 aliphatic heterocycles. The first-order valence-corrected chi connectivity index (χ1v) is 11.5. The molecule has 7 heteroatoms. The van der Waals surface area contributed by atoms with Crippen molar-refractivity contribution in [3.05, 3.63) is 71.4 Å². The predicted octanol–water partition coefficient (Wildman–Crippen LogP) is 8.15. The number of alkyl halides is 3. The lowest BCUT2D eigenvalue weighted by Crippen LogP contribution is -2.13. The van der Waals surface area contributed by atoms with Crippen LogP contribution in [0.25, 0.3) is 0 Å². The third kappa shape index (κ3) is 5.83. The van der Waals surface area contributed by atoms with Gasteiger partial charge < -0.3 is 10.6 Å². The van der Waals surface area contributed by atoms with Crippen LogP contribution in [0.15, 0.2) is 54.7 Å². The van der Waals surface area contributed by atoms with Crippen LogP contribution in [0.5, 0.6) is 0 Å². The quantitative estimate of drug-likeness (QED) is 0.394. The predicted molar refractivity (Wildman–Crippen MR) is 126 cm³/mol. The van der Waals surface area contributed by atoms with E-state index in [-0.39, 0.29) is 11.8 Å². The lowest BCUT2D eigenvalue weighted by atomic mass is 9.84. The van der Waals surface area contributed by atoms with Gasteiger partial charge in [-0.15, -0.1) is 0 Å². The lowest BCUT2D eigenvalue weighted by molar-refractivity contribution is -0.137. The summed E-state index contributed by atoms with van der Waals surface area (Å²) < 4.78 is 41.0. The summed E-state index contributed by atoms with van der Waals surface area (Å²) in [5.74, 6) is 0.686. The Morgan fingerprint density at radius 3 is 2.30 bits per heavy atom. The SMILES string of the molecule is CC(C)c1ccc(Nc2ncc(C(F)(F)F)c(Nc3cccc(C4CCCCC4)c3)n2)cc1. The van der Waals surface area contributed by atoms with E-state index in [2.05, 4.69) is 40.5 Å². The molecule has 1 aromatic heterocycles. The summed E-state index contributed by atoms with van der Waals surface area (Å²) in [6.45, 7) is 4.20. The molecule has 3 aromatic rings. The van der Waals surface area contributed by atoms with Crippen LogP contribution in [-0.2, 0) is 6.18 Å². The monoisotopic (exact) mass is 454 g/mol. The number of aromatic nitrogens is 2. The highest BCUT2D eigenvalue weighted by molar-refractivity contribution is 5.63. The number of hydrogen-bond donors (Lipinski definition) is 2. The normalized spacial score (nSPS) is 15.0. The van der Waals surface area contributed by atoms with E-state index < -0.39 is 11.7 Å². The van der Waals surface area contributed by atoms with Crippen molar-refractivity contribution < 1.29 is 13.2 Å². The van der Waals surface area contributed by atoms with Crippen LogP contribution in [0.3, 0.4) is 0 Å². The van der Waals surface area contributed by atoms with E-state index in [9.17, 15) is 13.2 Å². The molecule has 0 atom stereocenters. The van der Waals surface area contributed by atoms with Gasteiger partial charge in [-0.2, -0.15) is 18.2 Å². The molecule has 2 aromatic carbocycles. The standard InChI is InChI=1S/C26H29F3N4/c1-17(2)18-11-13-21(14-12-18)32-25-30-16-23(26(27,28)29)24(33-25)31-22-10-6-9-20(15-22)19-7-4-3-5-8-19/h6,9-17,19H,3-5,7-8H2,1-2H3,(H2,30,31,32,33). The van der Waals surface area contributed by atoms with Crippen LogP contribution < -0.4 is 10.6 Å². The van der Waals surface area contributed by atoms with Gasteiger partial charge in [-0.1, -0.05) is 57.4 Å². The van der Waals surface area contributed by atoms with Crippen molar-refractivity contribution in [2.24, 2.45) is 0 Å². The Bertz CT molecular complexity index is 1070. The van der Waals surface area contributed by atoms with Gasteiger partial charge in [0.05, 0.1) is 0 Å². The molecule has 174 valence electrons. The Morgan fingerprint density at radius 2 is 1.64 bits per heavy atom. The van der Waals surface area contributed by atoms with Crippen LogP contribution in [0, 0.1) is 0 Å². The zero-order valence-electron chi connectivity index (χ0n) is 18.9. The van der Waals surface area contributed by atoms with Gasteiger partial charge in [0.15, 0.2) is 0 Å². The molecule has 33 heavy (non-hydrogen) atoms. The number of halogens is 3. The average molecular weight is 455 g/mol. The molecular formula is C26H29F3N4. The van der Waals surface area contributed by atoms with Gasteiger partial charge in [0.2, 0.25) is 5.95 Å². The largest absolute Gasteiger partial charge is 0.421 e. The second kappa shape index (κ2) is 9.81. The maximum absolute atomic E-state index is 13.7. The summed E-state index contributed by atoms with van der Waals surface area (Å²) in [4.78, 5) is 8.09. The molecule has 1 fully saturated rings. The van der Waals surface area contributed by atoms with Gasteiger partial charge in [-0.3, -0.25) is 0 Å². The molecule has 0 radical (unpaired) electrons. The Kier molecular flexibility index (Phi) is 6.86. The van der Waals surface area contributed by atoms with E-state index in [1.165, 1.54) is 24.8 Å². The van der Waals surface area contributed by atoms with Crippen LogP contribution in [-0.4, -0.2) is 9.97 Å². The fraction of sp³-hybridized carbons (Fsp3) is 0.385. The Hall–Kier alpha value is -3.09. The molecule has 0 amide bonds. The maximum atomic E-state index is 13.7. The van der Waals surface area contributed by atoms with Crippen LogP contribution in [0.2, 0.25) is 0 Å². The topological polar surface area (TPSA) is 49.8 Å². The van der Waals surface area contributed by atoms with Crippen molar-refractivity contribution in [2.75, 3.05) is 10.6 Å². The zero-order valence-corrected chi connectivity index (χ0v) is 18.9. The van der Waals surface area contributed by atoms with Crippen molar-refractivity contribution >= 4 is 23.1 Å². The van der Waals surface area contributed by atoms with Gasteiger partial charge in [0, 0.05) is 17.6 Å². The number of hydrogen-bond acceptors (Lipinski definition) is 4. The molecule has 1 heterocycles. The minimum Gasteiger partial charge on any atom is -0.340 e. The molecular weight excluding hydrogens is 425 g/mol. The van der Waals surface area contributed by atoms with Crippen LogP contribution >= 0.6 is 0 Å². The molecule has 4 rings (SSSR count). The van der Waals surface area contributed by atoms with E-state index in [1.54, 1.807) is 6.07 Å². The number of nitrogens with one attached hydrogen (secondary N) is 2. The first kappa shape index (κ1) is 23.1. The summed E-state index contributed by atoms with van der Waals surface area (Å²) in [5.41, 5.74) is 2.74. The highest BCUT2D eigenvalue weighted by Gasteiger charge is 2.35. The van der Waals surface area contributed by atoms with E-state index in [0.29, 0.717) is 23.2 Å². The van der Waals surface area contributed by atoms with Gasteiger partial charge in [0.25, 0.3) is 0 Å². The lowest BCUT2D eigenvalue weighted by Gasteiger charge is -2.22. The fourth-order valence-electron chi connectivity index (χ4n) is 4.27. The highest BCUT2D eigenvalue weighted by atomic mass is 19.4. The first-order valence-electron chi connectivity index (χ1n) is 11.5. The van der Waals surface area contributed by atoms with Gasteiger partial charge in [-0.25, -0.2) is 4.98 Å². The van der Waals surface area contributed by atoms with E-state index in [1.807, 2.05) is 36.4 Å². The molecule has 0 saturated heterocycles. The second-order valence-corrected chi connectivity index (χ2v) is 8.94. The van der Waals surface area contributed by atoms with Crippen molar-refractivity contribution in [3.63, 3.8) is 0 Å². The first-order chi connectivity index (χ1) is 15.8. The van der Waals surface area contributed by atoms with E-state index in [0.717, 1.165) is 24.6 Å². The molecule has 4 nitrogen and oxygen atoms in total. The number of anilines is 4. The molecule has 2 N–H and O–H groups in total. The average Bonchev–Trinajstić information content (AvgIpc) is 2.79. The van der Waals surface area contributed by atoms with E-state index >= 15 is 0 Å². The molecule has 0 bridgehead atoms.